The Morgan fingerprint density at radius 1 is 0.353 bits per heavy atom. The molecule has 480 valence electrons. The smallest absolute Gasteiger partial charge is 0.462 e. The molecule has 0 aliphatic heterocycles. The van der Waals surface area contributed by atoms with Crippen LogP contribution in [0.2, 0.25) is 0 Å². The van der Waals surface area contributed by atoms with Crippen LogP contribution in [-0.2, 0) is 32.7 Å². The van der Waals surface area contributed by atoms with Crippen molar-refractivity contribution in [3.8, 4) is 0 Å². The highest BCUT2D eigenvalue weighted by Gasteiger charge is 2.26. The fourth-order valence-corrected chi connectivity index (χ4v) is 9.49. The third-order valence-corrected chi connectivity index (χ3v) is 14.6. The minimum atomic E-state index is -4.42. The molecule has 0 aliphatic rings. The van der Waals surface area contributed by atoms with Crippen molar-refractivity contribution in [2.75, 3.05) is 26.4 Å². The second-order valence-corrected chi connectivity index (χ2v) is 23.0. The van der Waals surface area contributed by atoms with Crippen LogP contribution in [0.3, 0.4) is 0 Å². The molecule has 0 aromatic carbocycles. The molecule has 0 aromatic rings. The maximum absolute atomic E-state index is 12.7. The summed E-state index contributed by atoms with van der Waals surface area (Å²) in [6, 6.07) is 0. The largest absolute Gasteiger partial charge is 0.472 e. The van der Waals surface area contributed by atoms with Gasteiger partial charge in [0, 0.05) is 19.4 Å². The summed E-state index contributed by atoms with van der Waals surface area (Å²) in [5.41, 5.74) is 5.39. The molecular formula is C75H122NO8P. The van der Waals surface area contributed by atoms with E-state index in [0.29, 0.717) is 12.8 Å². The van der Waals surface area contributed by atoms with E-state index in [0.717, 1.165) is 109 Å². The van der Waals surface area contributed by atoms with Gasteiger partial charge < -0.3 is 20.1 Å². The zero-order chi connectivity index (χ0) is 61.6. The predicted molar refractivity (Wildman–Crippen MR) is 366 cm³/mol. The standard InChI is InChI=1S/C75H122NO8P/c1-3-5-7-9-11-13-15-17-19-21-23-25-27-29-31-33-34-35-36-37-38-40-41-43-45-47-49-51-53-55-57-59-61-63-65-67-74(77)81-71-73(72-83-85(79,80)82-70-69-76)84-75(78)68-66-64-62-60-58-56-54-52-50-48-46-44-42-39-32-30-28-26-24-22-20-18-16-14-12-10-8-6-4-2/h5-8,11-14,17-20,23-26,29-32,42,44,48,50,54,56,60,62,73H,3-4,9-10,15-16,21-22,27-28,33-41,43,45-47,49,51-53,55,57-59,61,63-72,76H2,1-2H3,(H,79,80)/b7-5-,8-6-,13-11-,14-12-,19-17-,20-18-,25-23-,26-24-,31-29-,32-30-,44-42-,50-48-,56-54-,62-60-. The Balaban J connectivity index is 4.00. The van der Waals surface area contributed by atoms with Crippen LogP contribution in [0.25, 0.3) is 0 Å². The lowest BCUT2D eigenvalue weighted by molar-refractivity contribution is -0.161. The molecule has 2 unspecified atom stereocenters. The van der Waals surface area contributed by atoms with Gasteiger partial charge in [-0.25, -0.2) is 4.57 Å². The van der Waals surface area contributed by atoms with Gasteiger partial charge in [0.05, 0.1) is 13.2 Å². The molecule has 0 bridgehead atoms. The van der Waals surface area contributed by atoms with Gasteiger partial charge in [-0.05, 0) is 122 Å². The van der Waals surface area contributed by atoms with Crippen LogP contribution in [0.15, 0.2) is 170 Å². The molecule has 0 amide bonds. The van der Waals surface area contributed by atoms with Gasteiger partial charge in [-0.2, -0.15) is 0 Å². The van der Waals surface area contributed by atoms with Crippen molar-refractivity contribution in [3.05, 3.63) is 170 Å². The number of unbranched alkanes of at least 4 members (excludes halogenated alkanes) is 20. The molecule has 0 fully saturated rings. The number of allylic oxidation sites excluding steroid dienone is 28. The second kappa shape index (κ2) is 68.5. The third-order valence-electron chi connectivity index (χ3n) is 13.6. The van der Waals surface area contributed by atoms with Gasteiger partial charge in [-0.15, -0.1) is 0 Å². The Morgan fingerprint density at radius 2 is 0.624 bits per heavy atom. The summed E-state index contributed by atoms with van der Waals surface area (Å²) in [7, 11) is -4.42. The Labute approximate surface area is 521 Å². The van der Waals surface area contributed by atoms with E-state index in [2.05, 4.69) is 178 Å². The van der Waals surface area contributed by atoms with Crippen molar-refractivity contribution < 1.29 is 37.6 Å². The molecule has 0 aliphatic carbocycles. The number of phosphoric acid groups is 1. The van der Waals surface area contributed by atoms with Crippen molar-refractivity contribution in [1.29, 1.82) is 0 Å². The molecule has 0 saturated heterocycles. The molecule has 9 nitrogen and oxygen atoms in total. The van der Waals surface area contributed by atoms with Gasteiger partial charge in [0.25, 0.3) is 0 Å². The van der Waals surface area contributed by atoms with Crippen molar-refractivity contribution >= 4 is 19.8 Å². The normalized spacial score (nSPS) is 14.1. The van der Waals surface area contributed by atoms with Gasteiger partial charge >= 0.3 is 19.8 Å². The van der Waals surface area contributed by atoms with E-state index in [-0.39, 0.29) is 32.6 Å². The molecule has 10 heteroatoms. The predicted octanol–water partition coefficient (Wildman–Crippen LogP) is 22.2. The SMILES string of the molecule is CC/C=C\C/C=C\C/C=C\C/C=C\C/C=C\C/C=C\C/C=C\C/C=C\C/C=C\CCCC(=O)OC(COC(=O)CCCCCCCCCCCCCCCCCCCCC/C=C\C/C=C\C/C=C\C/C=C\C/C=C\CC)COP(=O)(O)OCCN. The first-order chi connectivity index (χ1) is 41.8. The zero-order valence-corrected chi connectivity index (χ0v) is 54.7. The Kier molecular flexibility index (Phi) is 64.8. The molecule has 0 aromatic heterocycles. The van der Waals surface area contributed by atoms with Crippen LogP contribution in [-0.4, -0.2) is 49.3 Å². The van der Waals surface area contributed by atoms with Crippen LogP contribution in [0.4, 0.5) is 0 Å². The van der Waals surface area contributed by atoms with Crippen LogP contribution in [0.1, 0.15) is 258 Å². The summed E-state index contributed by atoms with van der Waals surface area (Å²) in [5.74, 6) is -0.903. The molecule has 0 heterocycles. The van der Waals surface area contributed by atoms with E-state index in [1.165, 1.54) is 109 Å². The summed E-state index contributed by atoms with van der Waals surface area (Å²) < 4.78 is 33.1. The number of phosphoric ester groups is 1. The molecular weight excluding hydrogens is 1070 g/mol. The summed E-state index contributed by atoms with van der Waals surface area (Å²) in [4.78, 5) is 35.3. The van der Waals surface area contributed by atoms with E-state index < -0.39 is 32.5 Å². The van der Waals surface area contributed by atoms with Gasteiger partial charge in [0.2, 0.25) is 0 Å². The monoisotopic (exact) mass is 1200 g/mol. The summed E-state index contributed by atoms with van der Waals surface area (Å²) in [5, 5.41) is 0. The number of nitrogens with two attached hydrogens (primary N) is 1. The number of hydrogen-bond donors (Lipinski definition) is 2. The zero-order valence-electron chi connectivity index (χ0n) is 53.8. The quantitative estimate of drug-likeness (QED) is 0.0264. The van der Waals surface area contributed by atoms with Gasteiger partial charge in [0.1, 0.15) is 6.61 Å². The fraction of sp³-hybridized carbons (Fsp3) is 0.600. The summed E-state index contributed by atoms with van der Waals surface area (Å²) in [6.45, 7) is 3.45. The van der Waals surface area contributed by atoms with Crippen molar-refractivity contribution in [2.24, 2.45) is 5.73 Å². The van der Waals surface area contributed by atoms with E-state index >= 15 is 0 Å². The summed E-state index contributed by atoms with van der Waals surface area (Å²) in [6.07, 6.45) is 102. The molecule has 0 spiro atoms. The average molecular weight is 1200 g/mol. The van der Waals surface area contributed by atoms with Gasteiger partial charge in [0.15, 0.2) is 6.10 Å². The number of carbonyl (C=O) groups is 2. The van der Waals surface area contributed by atoms with Crippen LogP contribution in [0.5, 0.6) is 0 Å². The van der Waals surface area contributed by atoms with Crippen LogP contribution < -0.4 is 5.73 Å². The molecule has 0 rings (SSSR count). The van der Waals surface area contributed by atoms with Crippen LogP contribution in [0, 0.1) is 0 Å². The number of hydrogen-bond acceptors (Lipinski definition) is 8. The van der Waals surface area contributed by atoms with Crippen molar-refractivity contribution in [2.45, 2.75) is 264 Å². The highest BCUT2D eigenvalue weighted by Crippen LogP contribution is 2.43. The average Bonchev–Trinajstić information content (AvgIpc) is 3.52. The van der Waals surface area contributed by atoms with E-state index in [4.69, 9.17) is 24.3 Å². The highest BCUT2D eigenvalue weighted by molar-refractivity contribution is 7.47. The Bertz CT molecular complexity index is 2000. The first kappa shape index (κ1) is 80.4. The summed E-state index contributed by atoms with van der Waals surface area (Å²) >= 11 is 0. The highest BCUT2D eigenvalue weighted by atomic mass is 31.2. The lowest BCUT2D eigenvalue weighted by Gasteiger charge is -2.19. The van der Waals surface area contributed by atoms with E-state index in [9.17, 15) is 19.0 Å². The fourth-order valence-electron chi connectivity index (χ4n) is 8.72. The Hall–Kier alpha value is -4.63. The number of rotatable bonds is 61. The molecule has 3 N–H and O–H groups in total. The third kappa shape index (κ3) is 68.4. The minimum Gasteiger partial charge on any atom is -0.462 e. The molecule has 0 saturated carbocycles. The molecule has 0 radical (unpaired) electrons. The van der Waals surface area contributed by atoms with Crippen molar-refractivity contribution in [1.82, 2.24) is 0 Å². The number of esters is 2. The minimum absolute atomic E-state index is 0.0363. The maximum atomic E-state index is 12.7. The molecule has 85 heavy (non-hydrogen) atoms. The molecule has 2 atom stereocenters. The first-order valence-electron chi connectivity index (χ1n) is 33.6. The van der Waals surface area contributed by atoms with Crippen molar-refractivity contribution in [3.63, 3.8) is 0 Å². The Morgan fingerprint density at radius 3 is 0.941 bits per heavy atom. The lowest BCUT2D eigenvalue weighted by atomic mass is 10.0. The lowest BCUT2D eigenvalue weighted by Crippen LogP contribution is -2.29. The van der Waals surface area contributed by atoms with Crippen LogP contribution >= 0.6 is 7.82 Å². The topological polar surface area (TPSA) is 134 Å². The van der Waals surface area contributed by atoms with Gasteiger partial charge in [-0.3, -0.25) is 18.6 Å². The number of carbonyl (C=O) groups excluding carboxylic acids is 2. The maximum Gasteiger partial charge on any atom is 0.472 e. The number of ether oxygens (including phenoxy) is 2. The first-order valence-corrected chi connectivity index (χ1v) is 35.1. The van der Waals surface area contributed by atoms with Gasteiger partial charge in [-0.1, -0.05) is 293 Å². The van der Waals surface area contributed by atoms with E-state index in [1.54, 1.807) is 0 Å². The second-order valence-electron chi connectivity index (χ2n) is 21.6. The van der Waals surface area contributed by atoms with E-state index in [1.807, 2.05) is 6.08 Å².